The summed E-state index contributed by atoms with van der Waals surface area (Å²) in [6.07, 6.45) is 3.72. The number of benzene rings is 1. The quantitative estimate of drug-likeness (QED) is 0.914. The van der Waals surface area contributed by atoms with E-state index in [0.717, 1.165) is 22.8 Å². The van der Waals surface area contributed by atoms with Gasteiger partial charge in [-0.3, -0.25) is 4.79 Å². The van der Waals surface area contributed by atoms with Crippen LogP contribution in [-0.2, 0) is 18.4 Å². The van der Waals surface area contributed by atoms with Gasteiger partial charge in [-0.05, 0) is 12.1 Å². The minimum atomic E-state index is -0.543. The molecule has 0 fully saturated rings. The molecule has 3 rings (SSSR count). The molecule has 21 heavy (non-hydrogen) atoms. The molecule has 2 aromatic rings. The molecule has 1 unspecified atom stereocenters. The number of fused-ring (bicyclic) bond motifs is 1. The number of imidazole rings is 1. The van der Waals surface area contributed by atoms with E-state index < -0.39 is 6.04 Å². The summed E-state index contributed by atoms with van der Waals surface area (Å²) < 4.78 is 2.00. The fraction of sp³-hybridized carbons (Fsp3) is 0.333. The number of hydrogen-bond acceptors (Lipinski definition) is 4. The highest BCUT2D eigenvalue weighted by Gasteiger charge is 2.32. The predicted molar refractivity (Wildman–Crippen MR) is 82.1 cm³/mol. The number of rotatable bonds is 3. The van der Waals surface area contributed by atoms with Gasteiger partial charge in [0.25, 0.3) is 0 Å². The lowest BCUT2D eigenvalue weighted by molar-refractivity contribution is -0.118. The van der Waals surface area contributed by atoms with Crippen molar-refractivity contribution in [1.82, 2.24) is 9.55 Å². The molecule has 0 bridgehead atoms. The zero-order valence-electron chi connectivity index (χ0n) is 12.4. The number of nitrogens with zero attached hydrogens (tertiary/aromatic N) is 4. The van der Waals surface area contributed by atoms with Crippen molar-refractivity contribution in [3.05, 3.63) is 42.0 Å². The van der Waals surface area contributed by atoms with Crippen molar-refractivity contribution in [2.45, 2.75) is 12.6 Å². The highest BCUT2D eigenvalue weighted by molar-refractivity contribution is 6.04. The number of amides is 1. The number of carbonyl (C=O) groups excluding carboxylic acids is 1. The molecule has 0 spiro atoms. The molecule has 0 aliphatic carbocycles. The van der Waals surface area contributed by atoms with Crippen molar-refractivity contribution in [2.24, 2.45) is 12.8 Å². The third-order valence-corrected chi connectivity index (χ3v) is 4.05. The van der Waals surface area contributed by atoms with Crippen LogP contribution >= 0.6 is 0 Å². The van der Waals surface area contributed by atoms with Gasteiger partial charge in [-0.1, -0.05) is 6.07 Å². The topological polar surface area (TPSA) is 67.4 Å². The normalized spacial score (nSPS) is 17.2. The molecule has 0 radical (unpaired) electrons. The second kappa shape index (κ2) is 4.89. The van der Waals surface area contributed by atoms with E-state index in [1.165, 1.54) is 0 Å². The summed E-state index contributed by atoms with van der Waals surface area (Å²) >= 11 is 0. The van der Waals surface area contributed by atoms with Crippen LogP contribution in [0.4, 0.5) is 11.4 Å². The van der Waals surface area contributed by atoms with E-state index in [-0.39, 0.29) is 5.91 Å². The average Bonchev–Trinajstić information content (AvgIpc) is 2.97. The molecule has 1 aliphatic rings. The van der Waals surface area contributed by atoms with Crippen LogP contribution in [0, 0.1) is 0 Å². The number of carbonyl (C=O) groups is 1. The van der Waals surface area contributed by atoms with Gasteiger partial charge in [0.15, 0.2) is 0 Å². The molecule has 110 valence electrons. The number of aromatic nitrogens is 2. The van der Waals surface area contributed by atoms with Crippen LogP contribution in [0.15, 0.2) is 30.6 Å². The maximum absolute atomic E-state index is 11.9. The van der Waals surface area contributed by atoms with Crippen LogP contribution < -0.4 is 15.5 Å². The van der Waals surface area contributed by atoms with Crippen molar-refractivity contribution in [2.75, 3.05) is 23.9 Å². The minimum Gasteiger partial charge on any atom is -0.367 e. The van der Waals surface area contributed by atoms with Gasteiger partial charge in [-0.15, -0.1) is 0 Å². The molecule has 2 N–H and O–H groups in total. The lowest BCUT2D eigenvalue weighted by Crippen LogP contribution is -2.27. The molecule has 6 heteroatoms. The molecule has 0 saturated carbocycles. The summed E-state index contributed by atoms with van der Waals surface area (Å²) in [6, 6.07) is 5.39. The van der Waals surface area contributed by atoms with Gasteiger partial charge in [-0.2, -0.15) is 0 Å². The zero-order valence-corrected chi connectivity index (χ0v) is 12.4. The maximum atomic E-state index is 11.9. The number of anilines is 2. The van der Waals surface area contributed by atoms with Crippen LogP contribution in [0.2, 0.25) is 0 Å². The minimum absolute atomic E-state index is 0.0612. The number of nitrogens with two attached hydrogens (primary N) is 1. The highest BCUT2D eigenvalue weighted by Crippen LogP contribution is 2.36. The Bertz CT molecular complexity index is 693. The fourth-order valence-corrected chi connectivity index (χ4v) is 2.64. The third-order valence-electron chi connectivity index (χ3n) is 4.05. The summed E-state index contributed by atoms with van der Waals surface area (Å²) in [6.45, 7) is 0.700. The molecular formula is C15H19N5O. The van der Waals surface area contributed by atoms with E-state index in [2.05, 4.69) is 9.88 Å². The van der Waals surface area contributed by atoms with Gasteiger partial charge in [0.05, 0.1) is 12.2 Å². The molecule has 1 atom stereocenters. The molecule has 1 aliphatic heterocycles. The Hall–Kier alpha value is -2.34. The van der Waals surface area contributed by atoms with Gasteiger partial charge in [0.2, 0.25) is 5.91 Å². The first-order valence-corrected chi connectivity index (χ1v) is 6.83. The van der Waals surface area contributed by atoms with Crippen molar-refractivity contribution >= 4 is 17.3 Å². The first-order chi connectivity index (χ1) is 9.99. The van der Waals surface area contributed by atoms with Gasteiger partial charge in [0, 0.05) is 44.8 Å². The lowest BCUT2D eigenvalue weighted by Gasteiger charge is -2.21. The van der Waals surface area contributed by atoms with Crippen molar-refractivity contribution in [3.8, 4) is 0 Å². The second-order valence-corrected chi connectivity index (χ2v) is 5.43. The Morgan fingerprint density at radius 2 is 2.14 bits per heavy atom. The molecule has 6 nitrogen and oxygen atoms in total. The van der Waals surface area contributed by atoms with Crippen LogP contribution in [0.1, 0.15) is 17.4 Å². The zero-order chi connectivity index (χ0) is 15.1. The van der Waals surface area contributed by atoms with E-state index >= 15 is 0 Å². The van der Waals surface area contributed by atoms with Crippen LogP contribution in [0.25, 0.3) is 0 Å². The van der Waals surface area contributed by atoms with Gasteiger partial charge in [0.1, 0.15) is 11.9 Å². The van der Waals surface area contributed by atoms with E-state index in [9.17, 15) is 4.79 Å². The van der Waals surface area contributed by atoms with Crippen molar-refractivity contribution in [3.63, 3.8) is 0 Å². The van der Waals surface area contributed by atoms with Crippen LogP contribution in [-0.4, -0.2) is 29.6 Å². The Morgan fingerprint density at radius 1 is 1.38 bits per heavy atom. The van der Waals surface area contributed by atoms with Gasteiger partial charge >= 0.3 is 0 Å². The monoisotopic (exact) mass is 285 g/mol. The largest absolute Gasteiger partial charge is 0.367 e. The third kappa shape index (κ3) is 2.17. The van der Waals surface area contributed by atoms with Crippen molar-refractivity contribution < 1.29 is 4.79 Å². The van der Waals surface area contributed by atoms with Gasteiger partial charge in [-0.25, -0.2) is 4.98 Å². The molecule has 1 aromatic heterocycles. The van der Waals surface area contributed by atoms with E-state index in [4.69, 9.17) is 5.73 Å². The van der Waals surface area contributed by atoms with E-state index in [1.54, 1.807) is 18.1 Å². The Kier molecular flexibility index (Phi) is 3.17. The average molecular weight is 285 g/mol. The maximum Gasteiger partial charge on any atom is 0.248 e. The summed E-state index contributed by atoms with van der Waals surface area (Å²) in [5.74, 6) is 0.924. The number of hydrogen-bond donors (Lipinski definition) is 1. The first kappa shape index (κ1) is 13.6. The summed E-state index contributed by atoms with van der Waals surface area (Å²) in [4.78, 5) is 20.0. The Labute approximate surface area is 123 Å². The van der Waals surface area contributed by atoms with Crippen LogP contribution in [0.3, 0.4) is 0 Å². The Morgan fingerprint density at radius 3 is 2.81 bits per heavy atom. The summed E-state index contributed by atoms with van der Waals surface area (Å²) in [5.41, 5.74) is 8.72. The second-order valence-electron chi connectivity index (χ2n) is 5.43. The van der Waals surface area contributed by atoms with Gasteiger partial charge < -0.3 is 20.1 Å². The molecule has 1 amide bonds. The summed E-state index contributed by atoms with van der Waals surface area (Å²) in [7, 11) is 5.74. The standard InChI is InChI=1S/C15H19N5O/c1-18-7-6-17-13(18)9-19(2)10-4-5-11-12(8-10)20(3)15(21)14(11)16/h4-8,14H,9,16H2,1-3H3. The molecule has 2 heterocycles. The van der Waals surface area contributed by atoms with Crippen molar-refractivity contribution in [1.29, 1.82) is 0 Å². The highest BCUT2D eigenvalue weighted by atomic mass is 16.2. The number of aryl methyl sites for hydroxylation is 1. The van der Waals surface area contributed by atoms with E-state index in [1.807, 2.05) is 43.1 Å². The lowest BCUT2D eigenvalue weighted by atomic mass is 10.1. The first-order valence-electron chi connectivity index (χ1n) is 6.83. The predicted octanol–water partition coefficient (Wildman–Crippen LogP) is 1.03. The van der Waals surface area contributed by atoms with E-state index in [0.29, 0.717) is 6.54 Å². The number of likely N-dealkylation sites (N-methyl/N-ethyl adjacent to an activating group) is 1. The smallest absolute Gasteiger partial charge is 0.248 e. The SMILES string of the molecule is CN(Cc1nccn1C)c1ccc2c(c1)N(C)C(=O)C2N. The Balaban J connectivity index is 1.88. The molecule has 0 saturated heterocycles. The molecular weight excluding hydrogens is 266 g/mol. The van der Waals surface area contributed by atoms with Crippen LogP contribution in [0.5, 0.6) is 0 Å². The summed E-state index contributed by atoms with van der Waals surface area (Å²) in [5, 5.41) is 0. The fourth-order valence-electron chi connectivity index (χ4n) is 2.64. The molecule has 1 aromatic carbocycles.